The first-order valence-corrected chi connectivity index (χ1v) is 10.3. The number of anilines is 1. The molecule has 0 spiro atoms. The van der Waals surface area contributed by atoms with Crippen LogP contribution in [0.4, 0.5) is 5.69 Å². The summed E-state index contributed by atoms with van der Waals surface area (Å²) in [6.07, 6.45) is 4.31. The average Bonchev–Trinajstić information content (AvgIpc) is 2.65. The second-order valence-electron chi connectivity index (χ2n) is 6.68. The van der Waals surface area contributed by atoms with E-state index in [0.29, 0.717) is 4.90 Å². The van der Waals surface area contributed by atoms with Crippen molar-refractivity contribution in [3.8, 4) is 11.8 Å². The molecule has 2 aromatic carbocycles. The first-order valence-electron chi connectivity index (χ1n) is 8.84. The molecular formula is C21H24N2O2S. The molecule has 0 aromatic heterocycles. The van der Waals surface area contributed by atoms with Crippen LogP contribution in [0.15, 0.2) is 47.4 Å². The highest BCUT2D eigenvalue weighted by Crippen LogP contribution is 2.24. The molecule has 26 heavy (non-hydrogen) atoms. The molecule has 5 heteroatoms. The molecule has 136 valence electrons. The zero-order valence-electron chi connectivity index (χ0n) is 15.2. The monoisotopic (exact) mass is 368 g/mol. The Morgan fingerprint density at radius 2 is 1.77 bits per heavy atom. The zero-order chi connectivity index (χ0) is 18.6. The zero-order valence-corrected chi connectivity index (χ0v) is 16.1. The van der Waals surface area contributed by atoms with Crippen LogP contribution in [-0.4, -0.2) is 29.1 Å². The summed E-state index contributed by atoms with van der Waals surface area (Å²) in [6, 6.07) is 13.3. The molecular weight excluding hydrogens is 344 g/mol. The Balaban J connectivity index is 1.70. The summed E-state index contributed by atoms with van der Waals surface area (Å²) in [4.78, 5) is 2.31. The van der Waals surface area contributed by atoms with E-state index >= 15 is 0 Å². The van der Waals surface area contributed by atoms with E-state index in [9.17, 15) is 8.42 Å². The number of aryl methyl sites for hydroxylation is 2. The van der Waals surface area contributed by atoms with Gasteiger partial charge in [0.15, 0.2) is 0 Å². The number of sulfonamides is 1. The Labute approximate surface area is 156 Å². The summed E-state index contributed by atoms with van der Waals surface area (Å²) in [5.74, 6) is 5.97. The van der Waals surface area contributed by atoms with Crippen molar-refractivity contribution in [2.24, 2.45) is 0 Å². The van der Waals surface area contributed by atoms with E-state index in [1.54, 1.807) is 6.07 Å². The summed E-state index contributed by atoms with van der Waals surface area (Å²) >= 11 is 0. The lowest BCUT2D eigenvalue weighted by atomic mass is 9.92. The molecule has 0 heterocycles. The minimum Gasteiger partial charge on any atom is -0.377 e. The molecule has 0 radical (unpaired) electrons. The predicted octanol–water partition coefficient (Wildman–Crippen LogP) is 2.96. The highest BCUT2D eigenvalue weighted by atomic mass is 32.2. The van der Waals surface area contributed by atoms with Gasteiger partial charge in [-0.2, -0.15) is 4.72 Å². The molecule has 1 aliphatic carbocycles. The van der Waals surface area contributed by atoms with E-state index in [2.05, 4.69) is 16.6 Å². The summed E-state index contributed by atoms with van der Waals surface area (Å²) in [7, 11) is 0.378. The van der Waals surface area contributed by atoms with Crippen LogP contribution in [0.25, 0.3) is 0 Å². The van der Waals surface area contributed by atoms with Crippen molar-refractivity contribution in [3.05, 3.63) is 59.2 Å². The van der Waals surface area contributed by atoms with E-state index in [0.717, 1.165) is 36.1 Å². The Kier molecular flexibility index (Phi) is 5.65. The van der Waals surface area contributed by atoms with Gasteiger partial charge in [-0.3, -0.25) is 0 Å². The van der Waals surface area contributed by atoms with Gasteiger partial charge in [-0.1, -0.05) is 30.0 Å². The number of rotatable bonds is 4. The molecule has 1 N–H and O–H groups in total. The Hall–Kier alpha value is -2.29. The topological polar surface area (TPSA) is 49.4 Å². The molecule has 3 rings (SSSR count). The standard InChI is InChI=1S/C21H24N2O2S/c1-23(2)21-12-6-5-9-18(21)11-7-15-22-26(24,25)20-14-13-17-8-3-4-10-19(17)16-20/h5-6,9,12-14,16,22H,3-4,8,10,15H2,1-2H3. The molecule has 1 aliphatic rings. The number of nitrogens with one attached hydrogen (secondary N) is 1. The molecule has 0 aliphatic heterocycles. The minimum atomic E-state index is -3.54. The van der Waals surface area contributed by atoms with Crippen molar-refractivity contribution < 1.29 is 8.42 Å². The van der Waals surface area contributed by atoms with Gasteiger partial charge in [0.2, 0.25) is 10.0 Å². The fourth-order valence-corrected chi connectivity index (χ4v) is 4.17. The molecule has 0 saturated heterocycles. The first kappa shape index (κ1) is 18.5. The average molecular weight is 369 g/mol. The van der Waals surface area contributed by atoms with E-state index < -0.39 is 10.0 Å². The molecule has 0 bridgehead atoms. The number of hydrogen-bond donors (Lipinski definition) is 1. The Bertz CT molecular complexity index is 953. The largest absolute Gasteiger partial charge is 0.377 e. The van der Waals surface area contributed by atoms with Gasteiger partial charge >= 0.3 is 0 Å². The van der Waals surface area contributed by atoms with Gasteiger partial charge in [-0.05, 0) is 61.1 Å². The van der Waals surface area contributed by atoms with Crippen LogP contribution in [0.3, 0.4) is 0 Å². The fraction of sp³-hybridized carbons (Fsp3) is 0.333. The van der Waals surface area contributed by atoms with Crippen molar-refractivity contribution >= 4 is 15.7 Å². The maximum absolute atomic E-state index is 12.5. The van der Waals surface area contributed by atoms with Gasteiger partial charge in [0, 0.05) is 19.7 Å². The summed E-state index contributed by atoms with van der Waals surface area (Å²) < 4.78 is 27.6. The molecule has 0 unspecified atom stereocenters. The molecule has 0 saturated carbocycles. The maximum Gasteiger partial charge on any atom is 0.241 e. The highest BCUT2D eigenvalue weighted by Gasteiger charge is 2.16. The van der Waals surface area contributed by atoms with Crippen molar-refractivity contribution in [2.45, 2.75) is 30.6 Å². The smallest absolute Gasteiger partial charge is 0.241 e. The van der Waals surface area contributed by atoms with Crippen molar-refractivity contribution in [2.75, 3.05) is 25.5 Å². The quantitative estimate of drug-likeness (QED) is 0.844. The predicted molar refractivity (Wildman–Crippen MR) is 106 cm³/mol. The van der Waals surface area contributed by atoms with Gasteiger partial charge in [0.25, 0.3) is 0 Å². The lowest BCUT2D eigenvalue weighted by molar-refractivity contribution is 0.585. The van der Waals surface area contributed by atoms with Crippen LogP contribution in [-0.2, 0) is 22.9 Å². The SMILES string of the molecule is CN(C)c1ccccc1C#CCNS(=O)(=O)c1ccc2c(c1)CCCC2. The Morgan fingerprint density at radius 3 is 2.54 bits per heavy atom. The van der Waals surface area contributed by atoms with Crippen LogP contribution in [0, 0.1) is 11.8 Å². The van der Waals surface area contributed by atoms with Crippen molar-refractivity contribution in [1.29, 1.82) is 0 Å². The van der Waals surface area contributed by atoms with Crippen LogP contribution in [0.5, 0.6) is 0 Å². The van der Waals surface area contributed by atoms with Crippen LogP contribution in [0.1, 0.15) is 29.5 Å². The Morgan fingerprint density at radius 1 is 1.04 bits per heavy atom. The van der Waals surface area contributed by atoms with Gasteiger partial charge < -0.3 is 4.90 Å². The van der Waals surface area contributed by atoms with E-state index in [1.165, 1.54) is 12.0 Å². The molecule has 2 aromatic rings. The summed E-state index contributed by atoms with van der Waals surface area (Å²) in [6.45, 7) is 0.0845. The summed E-state index contributed by atoms with van der Waals surface area (Å²) in [5, 5.41) is 0. The maximum atomic E-state index is 12.5. The number of nitrogens with zero attached hydrogens (tertiary/aromatic N) is 1. The number of para-hydroxylation sites is 1. The third-order valence-electron chi connectivity index (χ3n) is 4.59. The van der Waals surface area contributed by atoms with Crippen LogP contribution < -0.4 is 9.62 Å². The minimum absolute atomic E-state index is 0.0845. The van der Waals surface area contributed by atoms with Gasteiger partial charge in [0.1, 0.15) is 0 Å². The van der Waals surface area contributed by atoms with Gasteiger partial charge in [0.05, 0.1) is 17.1 Å². The van der Waals surface area contributed by atoms with E-state index in [-0.39, 0.29) is 6.54 Å². The van der Waals surface area contributed by atoms with Crippen molar-refractivity contribution in [3.63, 3.8) is 0 Å². The number of benzene rings is 2. The molecule has 4 nitrogen and oxygen atoms in total. The third-order valence-corrected chi connectivity index (χ3v) is 5.99. The normalized spacial score (nSPS) is 13.5. The van der Waals surface area contributed by atoms with E-state index in [4.69, 9.17) is 0 Å². The van der Waals surface area contributed by atoms with Crippen LogP contribution >= 0.6 is 0 Å². The lowest BCUT2D eigenvalue weighted by Gasteiger charge is -2.16. The first-order chi connectivity index (χ1) is 12.5. The van der Waals surface area contributed by atoms with Crippen LogP contribution in [0.2, 0.25) is 0 Å². The lowest BCUT2D eigenvalue weighted by Crippen LogP contribution is -2.24. The second-order valence-corrected chi connectivity index (χ2v) is 8.44. The van der Waals surface area contributed by atoms with Gasteiger partial charge in [-0.25, -0.2) is 8.42 Å². The van der Waals surface area contributed by atoms with Crippen molar-refractivity contribution in [1.82, 2.24) is 4.72 Å². The number of fused-ring (bicyclic) bond motifs is 1. The highest BCUT2D eigenvalue weighted by molar-refractivity contribution is 7.89. The van der Waals surface area contributed by atoms with E-state index in [1.807, 2.05) is 55.4 Å². The molecule has 0 amide bonds. The molecule has 0 fully saturated rings. The fourth-order valence-electron chi connectivity index (χ4n) is 3.20. The third kappa shape index (κ3) is 4.27. The van der Waals surface area contributed by atoms with Gasteiger partial charge in [-0.15, -0.1) is 0 Å². The number of hydrogen-bond acceptors (Lipinski definition) is 3. The molecule has 0 atom stereocenters. The summed E-state index contributed by atoms with van der Waals surface area (Å²) in [5.41, 5.74) is 4.32. The second kappa shape index (κ2) is 7.94.